The van der Waals surface area contributed by atoms with E-state index in [0.717, 1.165) is 16.3 Å². The van der Waals surface area contributed by atoms with Gasteiger partial charge in [0.25, 0.3) is 10.0 Å². The van der Waals surface area contributed by atoms with E-state index in [4.69, 9.17) is 9.47 Å². The number of carbonyl (C=O) groups is 2. The Morgan fingerprint density at radius 2 is 1.54 bits per heavy atom. The van der Waals surface area contributed by atoms with Crippen LogP contribution in [0.15, 0.2) is 83.8 Å². The number of benzene rings is 3. The Morgan fingerprint density at radius 1 is 0.897 bits per heavy atom. The van der Waals surface area contributed by atoms with Gasteiger partial charge in [-0.15, -0.1) is 0 Å². The van der Waals surface area contributed by atoms with Crippen molar-refractivity contribution in [3.05, 3.63) is 84.4 Å². The molecule has 208 valence electrons. The summed E-state index contributed by atoms with van der Waals surface area (Å²) in [6.45, 7) is 3.58. The van der Waals surface area contributed by atoms with Gasteiger partial charge in [-0.05, 0) is 55.3 Å². The fourth-order valence-electron chi connectivity index (χ4n) is 3.96. The third kappa shape index (κ3) is 7.51. The first-order valence-electron chi connectivity index (χ1n) is 12.6. The number of hydrogen-bond donors (Lipinski definition) is 1. The number of sulfonamides is 1. The van der Waals surface area contributed by atoms with Crippen molar-refractivity contribution < 1.29 is 27.5 Å². The van der Waals surface area contributed by atoms with E-state index in [1.54, 1.807) is 74.7 Å². The van der Waals surface area contributed by atoms with Crippen molar-refractivity contribution in [2.45, 2.75) is 37.8 Å². The molecule has 0 aliphatic heterocycles. The van der Waals surface area contributed by atoms with E-state index in [0.29, 0.717) is 18.0 Å². The number of amides is 2. The van der Waals surface area contributed by atoms with Crippen LogP contribution in [0.25, 0.3) is 0 Å². The number of nitrogens with zero attached hydrogens (tertiary/aromatic N) is 2. The monoisotopic (exact) mass is 553 g/mol. The molecule has 0 aromatic heterocycles. The molecule has 0 saturated heterocycles. The summed E-state index contributed by atoms with van der Waals surface area (Å²) >= 11 is 0. The lowest BCUT2D eigenvalue weighted by molar-refractivity contribution is -0.139. The van der Waals surface area contributed by atoms with Crippen LogP contribution in [-0.4, -0.2) is 58.5 Å². The first kappa shape index (κ1) is 29.5. The van der Waals surface area contributed by atoms with Crippen LogP contribution in [-0.2, 0) is 26.2 Å². The molecule has 0 aliphatic carbocycles. The molecule has 1 unspecified atom stereocenters. The second-order valence-electron chi connectivity index (χ2n) is 8.87. The summed E-state index contributed by atoms with van der Waals surface area (Å²) in [4.78, 5) is 28.3. The average molecular weight is 554 g/mol. The van der Waals surface area contributed by atoms with Crippen LogP contribution >= 0.6 is 0 Å². The second kappa shape index (κ2) is 13.7. The Kier molecular flexibility index (Phi) is 10.3. The van der Waals surface area contributed by atoms with E-state index >= 15 is 0 Å². The molecule has 10 heteroatoms. The molecule has 0 fully saturated rings. The molecule has 0 spiro atoms. The SMILES string of the molecule is CCCNC(=O)C(C)N(Cc1cccc(OC)c1)C(=O)CN(c1cccc(OC)c1)S(=O)(=O)c1ccccc1. The molecule has 0 bridgehead atoms. The third-order valence-corrected chi connectivity index (χ3v) is 7.94. The molecular formula is C29H35N3O6S. The van der Waals surface area contributed by atoms with E-state index in [1.165, 1.54) is 24.1 Å². The molecule has 39 heavy (non-hydrogen) atoms. The quantitative estimate of drug-likeness (QED) is 0.345. The highest BCUT2D eigenvalue weighted by Crippen LogP contribution is 2.27. The molecule has 1 N–H and O–H groups in total. The van der Waals surface area contributed by atoms with Crippen LogP contribution in [0.2, 0.25) is 0 Å². The molecule has 1 atom stereocenters. The van der Waals surface area contributed by atoms with Gasteiger partial charge in [-0.2, -0.15) is 0 Å². The maximum atomic E-state index is 13.9. The minimum absolute atomic E-state index is 0.0358. The van der Waals surface area contributed by atoms with Crippen molar-refractivity contribution in [2.75, 3.05) is 31.6 Å². The predicted molar refractivity (Wildman–Crippen MR) is 150 cm³/mol. The molecule has 3 rings (SSSR count). The van der Waals surface area contributed by atoms with Crippen LogP contribution < -0.4 is 19.1 Å². The second-order valence-corrected chi connectivity index (χ2v) is 10.7. The Labute approximate surface area is 230 Å². The molecule has 0 saturated carbocycles. The number of rotatable bonds is 13. The van der Waals surface area contributed by atoms with Gasteiger partial charge < -0.3 is 19.7 Å². The summed E-state index contributed by atoms with van der Waals surface area (Å²) in [6.07, 6.45) is 0.737. The van der Waals surface area contributed by atoms with Crippen LogP contribution in [0.5, 0.6) is 11.5 Å². The molecule has 0 heterocycles. The van der Waals surface area contributed by atoms with Crippen molar-refractivity contribution in [3.63, 3.8) is 0 Å². The van der Waals surface area contributed by atoms with Gasteiger partial charge in [-0.1, -0.05) is 43.3 Å². The summed E-state index contributed by atoms with van der Waals surface area (Å²) in [6, 6.07) is 20.7. The van der Waals surface area contributed by atoms with E-state index in [2.05, 4.69) is 5.32 Å². The Balaban J connectivity index is 2.03. The summed E-state index contributed by atoms with van der Waals surface area (Å²) in [5, 5.41) is 2.83. The molecular weight excluding hydrogens is 518 g/mol. The van der Waals surface area contributed by atoms with Gasteiger partial charge in [0.1, 0.15) is 24.1 Å². The number of ether oxygens (including phenoxy) is 2. The zero-order valence-corrected chi connectivity index (χ0v) is 23.5. The molecule has 3 aromatic rings. The van der Waals surface area contributed by atoms with Gasteiger partial charge in [-0.3, -0.25) is 13.9 Å². The van der Waals surface area contributed by atoms with Gasteiger partial charge in [0, 0.05) is 19.2 Å². The maximum Gasteiger partial charge on any atom is 0.264 e. The summed E-state index contributed by atoms with van der Waals surface area (Å²) in [5.74, 6) is 0.174. The number of carbonyl (C=O) groups excluding carboxylic acids is 2. The highest BCUT2D eigenvalue weighted by molar-refractivity contribution is 7.92. The van der Waals surface area contributed by atoms with Gasteiger partial charge in [0.2, 0.25) is 11.8 Å². The van der Waals surface area contributed by atoms with Gasteiger partial charge in [-0.25, -0.2) is 8.42 Å². The molecule has 2 amide bonds. The fraction of sp³-hybridized carbons (Fsp3) is 0.310. The van der Waals surface area contributed by atoms with E-state index < -0.39 is 28.5 Å². The van der Waals surface area contributed by atoms with Crippen molar-refractivity contribution in [2.24, 2.45) is 0 Å². The van der Waals surface area contributed by atoms with Gasteiger partial charge in [0.15, 0.2) is 0 Å². The predicted octanol–water partition coefficient (Wildman–Crippen LogP) is 3.84. The topological polar surface area (TPSA) is 105 Å². The molecule has 3 aromatic carbocycles. The molecule has 9 nitrogen and oxygen atoms in total. The first-order chi connectivity index (χ1) is 18.7. The zero-order chi connectivity index (χ0) is 28.4. The minimum Gasteiger partial charge on any atom is -0.497 e. The van der Waals surface area contributed by atoms with Gasteiger partial charge in [0.05, 0.1) is 24.8 Å². The van der Waals surface area contributed by atoms with E-state index in [9.17, 15) is 18.0 Å². The lowest BCUT2D eigenvalue weighted by atomic mass is 10.1. The summed E-state index contributed by atoms with van der Waals surface area (Å²) in [5.41, 5.74) is 0.993. The van der Waals surface area contributed by atoms with E-state index in [1.807, 2.05) is 13.0 Å². The standard InChI is InChI=1S/C29H35N3O6S/c1-5-17-30-29(34)22(2)31(20-23-11-9-13-25(18-23)37-3)28(33)21-32(24-12-10-14-26(19-24)38-4)39(35,36)27-15-7-6-8-16-27/h6-16,18-19,22H,5,17,20-21H2,1-4H3,(H,30,34). The Bertz CT molecular complexity index is 1360. The fourth-order valence-corrected chi connectivity index (χ4v) is 5.39. The highest BCUT2D eigenvalue weighted by Gasteiger charge is 2.32. The van der Waals surface area contributed by atoms with Crippen LogP contribution in [0.3, 0.4) is 0 Å². The molecule has 0 radical (unpaired) electrons. The van der Waals surface area contributed by atoms with Crippen molar-refractivity contribution >= 4 is 27.5 Å². The van der Waals surface area contributed by atoms with Crippen LogP contribution in [0.4, 0.5) is 5.69 Å². The zero-order valence-electron chi connectivity index (χ0n) is 22.7. The third-order valence-electron chi connectivity index (χ3n) is 6.15. The van der Waals surface area contributed by atoms with Crippen molar-refractivity contribution in [1.29, 1.82) is 0 Å². The lowest BCUT2D eigenvalue weighted by Gasteiger charge is -2.32. The number of hydrogen-bond acceptors (Lipinski definition) is 6. The van der Waals surface area contributed by atoms with Gasteiger partial charge >= 0.3 is 0 Å². The minimum atomic E-state index is -4.14. The number of anilines is 1. The Hall–Kier alpha value is -4.05. The summed E-state index contributed by atoms with van der Waals surface area (Å²) < 4.78 is 39.3. The van der Waals surface area contributed by atoms with Crippen LogP contribution in [0.1, 0.15) is 25.8 Å². The van der Waals surface area contributed by atoms with Crippen molar-refractivity contribution in [1.82, 2.24) is 10.2 Å². The maximum absolute atomic E-state index is 13.9. The average Bonchev–Trinajstić information content (AvgIpc) is 2.97. The van der Waals surface area contributed by atoms with Crippen molar-refractivity contribution in [3.8, 4) is 11.5 Å². The normalized spacial score (nSPS) is 11.8. The van der Waals surface area contributed by atoms with E-state index in [-0.39, 0.29) is 23.0 Å². The smallest absolute Gasteiger partial charge is 0.264 e. The molecule has 0 aliphatic rings. The van der Waals surface area contributed by atoms with Crippen LogP contribution in [0, 0.1) is 0 Å². The number of methoxy groups -OCH3 is 2. The number of nitrogens with one attached hydrogen (secondary N) is 1. The summed E-state index contributed by atoms with van der Waals surface area (Å²) in [7, 11) is -1.12. The first-order valence-corrected chi connectivity index (χ1v) is 14.1. The highest BCUT2D eigenvalue weighted by atomic mass is 32.2. The largest absolute Gasteiger partial charge is 0.497 e. The Morgan fingerprint density at radius 3 is 2.18 bits per heavy atom. The lowest BCUT2D eigenvalue weighted by Crippen LogP contribution is -2.51.